The van der Waals surface area contributed by atoms with Gasteiger partial charge in [-0.1, -0.05) is 28.1 Å². The van der Waals surface area contributed by atoms with Gasteiger partial charge in [0.15, 0.2) is 0 Å². The van der Waals surface area contributed by atoms with E-state index in [9.17, 15) is 14.9 Å². The van der Waals surface area contributed by atoms with Crippen molar-refractivity contribution in [3.05, 3.63) is 87.5 Å². The van der Waals surface area contributed by atoms with Crippen molar-refractivity contribution in [1.82, 2.24) is 4.90 Å². The minimum atomic E-state index is -0.636. The normalized spacial score (nSPS) is 15.8. The first-order valence-corrected chi connectivity index (χ1v) is 9.84. The van der Waals surface area contributed by atoms with Crippen molar-refractivity contribution < 1.29 is 18.4 Å². The van der Waals surface area contributed by atoms with E-state index < -0.39 is 11.8 Å². The first kappa shape index (κ1) is 19.7. The lowest BCUT2D eigenvalue weighted by atomic mass is 9.94. The number of hydrogen-bond donors (Lipinski definition) is 0. The summed E-state index contributed by atoms with van der Waals surface area (Å²) in [5, 5.41) is 9.48. The lowest BCUT2D eigenvalue weighted by Gasteiger charge is -2.26. The van der Waals surface area contributed by atoms with Gasteiger partial charge in [-0.15, -0.1) is 0 Å². The van der Waals surface area contributed by atoms with Gasteiger partial charge in [0.25, 0.3) is 11.8 Å². The molecule has 0 spiro atoms. The van der Waals surface area contributed by atoms with Gasteiger partial charge in [-0.3, -0.25) is 14.5 Å². The van der Waals surface area contributed by atoms with Crippen LogP contribution in [0.25, 0.3) is 17.4 Å². The largest absolute Gasteiger partial charge is 0.467 e. The van der Waals surface area contributed by atoms with Crippen LogP contribution in [-0.4, -0.2) is 16.7 Å². The van der Waals surface area contributed by atoms with Crippen molar-refractivity contribution in [2.24, 2.45) is 0 Å². The van der Waals surface area contributed by atoms with Gasteiger partial charge in [-0.2, -0.15) is 5.26 Å². The molecule has 0 saturated heterocycles. The van der Waals surface area contributed by atoms with Crippen LogP contribution in [0.5, 0.6) is 0 Å². The molecule has 1 aliphatic heterocycles. The minimum absolute atomic E-state index is 0.0528. The van der Waals surface area contributed by atoms with E-state index in [0.717, 1.165) is 14.9 Å². The van der Waals surface area contributed by atoms with E-state index in [1.54, 1.807) is 37.3 Å². The first-order valence-electron chi connectivity index (χ1n) is 9.05. The number of nitriles is 1. The number of hydrogen-bond acceptors (Lipinski definition) is 5. The molecule has 2 amide bonds. The van der Waals surface area contributed by atoms with E-state index in [0.29, 0.717) is 22.9 Å². The van der Waals surface area contributed by atoms with Gasteiger partial charge in [0.1, 0.15) is 28.9 Å². The number of carbonyl (C=O) groups is 2. The number of imide groups is 1. The molecule has 0 atom stereocenters. The fraction of sp³-hybridized carbons (Fsp3) is 0.0870. The van der Waals surface area contributed by atoms with Gasteiger partial charge in [-0.05, 0) is 55.0 Å². The van der Waals surface area contributed by atoms with E-state index >= 15 is 0 Å². The van der Waals surface area contributed by atoms with Crippen LogP contribution in [0.2, 0.25) is 0 Å². The zero-order valence-electron chi connectivity index (χ0n) is 15.9. The van der Waals surface area contributed by atoms with Crippen molar-refractivity contribution >= 4 is 33.8 Å². The molecule has 7 heteroatoms. The first-order chi connectivity index (χ1) is 14.5. The fourth-order valence-corrected chi connectivity index (χ4v) is 3.44. The van der Waals surface area contributed by atoms with Gasteiger partial charge in [0, 0.05) is 15.6 Å². The molecule has 0 unspecified atom stereocenters. The molecular formula is C23H15BrN2O4. The molecule has 0 radical (unpaired) electrons. The Morgan fingerprint density at radius 2 is 1.87 bits per heavy atom. The fourth-order valence-electron chi connectivity index (χ4n) is 3.17. The maximum absolute atomic E-state index is 13.1. The number of nitrogens with zero attached hydrogens (tertiary/aromatic N) is 2. The molecule has 1 aliphatic rings. The summed E-state index contributed by atoms with van der Waals surface area (Å²) in [4.78, 5) is 26.7. The summed E-state index contributed by atoms with van der Waals surface area (Å²) in [6.07, 6.45) is 3.02. The highest BCUT2D eigenvalue weighted by Gasteiger charge is 2.36. The number of furan rings is 2. The average molecular weight is 463 g/mol. The standard InChI is InChI=1S/C23H15BrN2O4/c1-14-19(11-17-8-9-21(30-17)15-4-6-16(24)7-5-15)22(27)26(23(28)20(14)12-25)13-18-3-2-10-29-18/h2-11H,13H2,1H3/b19-11+. The highest BCUT2D eigenvalue weighted by molar-refractivity contribution is 9.10. The summed E-state index contributed by atoms with van der Waals surface area (Å²) in [6, 6.07) is 16.4. The molecule has 3 aromatic rings. The summed E-state index contributed by atoms with van der Waals surface area (Å²) in [5.41, 5.74) is 1.36. The predicted octanol–water partition coefficient (Wildman–Crippen LogP) is 5.09. The van der Waals surface area contributed by atoms with Crippen molar-refractivity contribution in [2.45, 2.75) is 13.5 Å². The molecule has 30 heavy (non-hydrogen) atoms. The number of benzene rings is 1. The van der Waals surface area contributed by atoms with Crippen molar-refractivity contribution in [1.29, 1.82) is 5.26 Å². The summed E-state index contributed by atoms with van der Waals surface area (Å²) in [7, 11) is 0. The Hall–Kier alpha value is -3.63. The Balaban J connectivity index is 1.71. The molecule has 1 aromatic carbocycles. The molecular weight excluding hydrogens is 448 g/mol. The van der Waals surface area contributed by atoms with Crippen LogP contribution >= 0.6 is 15.9 Å². The summed E-state index contributed by atoms with van der Waals surface area (Å²) in [6.45, 7) is 1.53. The summed E-state index contributed by atoms with van der Waals surface area (Å²) >= 11 is 3.40. The molecule has 0 saturated carbocycles. The molecule has 0 bridgehead atoms. The minimum Gasteiger partial charge on any atom is -0.467 e. The van der Waals surface area contributed by atoms with Crippen molar-refractivity contribution in [2.75, 3.05) is 0 Å². The van der Waals surface area contributed by atoms with Crippen LogP contribution < -0.4 is 0 Å². The number of carbonyl (C=O) groups excluding carboxylic acids is 2. The zero-order chi connectivity index (χ0) is 21.3. The molecule has 2 aromatic heterocycles. The SMILES string of the molecule is CC1=C(C#N)C(=O)N(Cc2ccco2)C(=O)/C1=C/c1ccc(-c2ccc(Br)cc2)o1. The highest BCUT2D eigenvalue weighted by Crippen LogP contribution is 2.30. The third kappa shape index (κ3) is 3.65. The molecule has 4 rings (SSSR count). The Bertz CT molecular complexity index is 1220. The molecule has 3 heterocycles. The van der Waals surface area contributed by atoms with E-state index in [2.05, 4.69) is 15.9 Å². The van der Waals surface area contributed by atoms with Crippen molar-refractivity contribution in [3.8, 4) is 17.4 Å². The Morgan fingerprint density at radius 1 is 1.10 bits per heavy atom. The number of rotatable bonds is 4. The molecule has 0 fully saturated rings. The Morgan fingerprint density at radius 3 is 2.53 bits per heavy atom. The van der Waals surface area contributed by atoms with E-state index in [1.807, 2.05) is 30.3 Å². The van der Waals surface area contributed by atoms with Crippen LogP contribution in [0.3, 0.4) is 0 Å². The molecule has 6 nitrogen and oxygen atoms in total. The monoisotopic (exact) mass is 462 g/mol. The summed E-state index contributed by atoms with van der Waals surface area (Å²) in [5.74, 6) is 0.393. The third-order valence-electron chi connectivity index (χ3n) is 4.76. The van der Waals surface area contributed by atoms with Gasteiger partial charge < -0.3 is 8.83 Å². The van der Waals surface area contributed by atoms with Gasteiger partial charge in [-0.25, -0.2) is 0 Å². The second-order valence-electron chi connectivity index (χ2n) is 6.65. The van der Waals surface area contributed by atoms with Crippen LogP contribution in [0.15, 0.2) is 84.8 Å². The molecule has 0 aliphatic carbocycles. The van der Waals surface area contributed by atoms with E-state index in [4.69, 9.17) is 8.83 Å². The smallest absolute Gasteiger partial charge is 0.272 e. The lowest BCUT2D eigenvalue weighted by molar-refractivity contribution is -0.141. The van der Waals surface area contributed by atoms with E-state index in [1.165, 1.54) is 6.26 Å². The maximum atomic E-state index is 13.1. The van der Waals surface area contributed by atoms with Crippen LogP contribution in [0.1, 0.15) is 18.4 Å². The second-order valence-corrected chi connectivity index (χ2v) is 7.57. The maximum Gasteiger partial charge on any atom is 0.272 e. The average Bonchev–Trinajstić information content (AvgIpc) is 3.42. The second kappa shape index (κ2) is 8.01. The predicted molar refractivity (Wildman–Crippen MR) is 112 cm³/mol. The van der Waals surface area contributed by atoms with Gasteiger partial charge in [0.2, 0.25) is 0 Å². The summed E-state index contributed by atoms with van der Waals surface area (Å²) < 4.78 is 12.1. The van der Waals surface area contributed by atoms with Crippen LogP contribution in [0.4, 0.5) is 0 Å². The lowest BCUT2D eigenvalue weighted by Crippen LogP contribution is -2.42. The topological polar surface area (TPSA) is 87.5 Å². The third-order valence-corrected chi connectivity index (χ3v) is 5.29. The van der Waals surface area contributed by atoms with Gasteiger partial charge >= 0.3 is 0 Å². The van der Waals surface area contributed by atoms with E-state index in [-0.39, 0.29) is 17.7 Å². The Kier molecular flexibility index (Phi) is 5.25. The number of amides is 2. The zero-order valence-corrected chi connectivity index (χ0v) is 17.5. The van der Waals surface area contributed by atoms with Crippen molar-refractivity contribution in [3.63, 3.8) is 0 Å². The van der Waals surface area contributed by atoms with Gasteiger partial charge in [0.05, 0.1) is 12.8 Å². The Labute approximate surface area is 180 Å². The number of halogens is 1. The van der Waals surface area contributed by atoms with Crippen LogP contribution in [-0.2, 0) is 16.1 Å². The molecule has 0 N–H and O–H groups in total. The quantitative estimate of drug-likeness (QED) is 0.397. The molecule has 148 valence electrons. The van der Waals surface area contributed by atoms with Crippen LogP contribution in [0, 0.1) is 11.3 Å². The highest BCUT2D eigenvalue weighted by atomic mass is 79.9.